The largest absolute Gasteiger partial charge is 0.459 e. The van der Waals surface area contributed by atoms with E-state index in [9.17, 15) is 4.39 Å². The summed E-state index contributed by atoms with van der Waals surface area (Å²) in [6.45, 7) is 4.91. The van der Waals surface area contributed by atoms with E-state index in [-0.39, 0.29) is 5.82 Å². The molecule has 0 aliphatic heterocycles. The Bertz CT molecular complexity index is 738. The summed E-state index contributed by atoms with van der Waals surface area (Å²) in [7, 11) is 1.74. The second-order valence-electron chi connectivity index (χ2n) is 6.52. The van der Waals surface area contributed by atoms with E-state index in [1.54, 1.807) is 13.1 Å². The standard InChI is InChI=1S/C19H26FN3O2/c1-13-16-10-15(20)6-7-17(16)25-18(13)11-23-19(21-2)22-8-3-9-24-12-14-4-5-14/h6-7,10,14H,3-5,8-9,11-12H2,1-2H3,(H2,21,22,23). The quantitative estimate of drug-likeness (QED) is 0.437. The fourth-order valence-electron chi connectivity index (χ4n) is 2.71. The van der Waals surface area contributed by atoms with Crippen LogP contribution >= 0.6 is 0 Å². The number of hydrogen-bond acceptors (Lipinski definition) is 3. The molecular weight excluding hydrogens is 321 g/mol. The first-order valence-electron chi connectivity index (χ1n) is 8.87. The van der Waals surface area contributed by atoms with E-state index in [4.69, 9.17) is 9.15 Å². The molecule has 0 unspecified atom stereocenters. The summed E-state index contributed by atoms with van der Waals surface area (Å²) in [5.41, 5.74) is 1.65. The highest BCUT2D eigenvalue weighted by Crippen LogP contribution is 2.28. The van der Waals surface area contributed by atoms with Gasteiger partial charge in [-0.25, -0.2) is 4.39 Å². The smallest absolute Gasteiger partial charge is 0.191 e. The van der Waals surface area contributed by atoms with Crippen LogP contribution in [0.4, 0.5) is 4.39 Å². The number of aryl methyl sites for hydroxylation is 1. The van der Waals surface area contributed by atoms with E-state index < -0.39 is 0 Å². The number of benzene rings is 1. The molecule has 0 spiro atoms. The Labute approximate surface area is 147 Å². The normalized spacial score (nSPS) is 14.9. The lowest BCUT2D eigenvalue weighted by Gasteiger charge is -2.11. The summed E-state index contributed by atoms with van der Waals surface area (Å²) in [6.07, 6.45) is 3.59. The molecule has 0 amide bonds. The minimum atomic E-state index is -0.253. The minimum absolute atomic E-state index is 0.253. The van der Waals surface area contributed by atoms with Gasteiger partial charge in [-0.1, -0.05) is 0 Å². The van der Waals surface area contributed by atoms with Crippen molar-refractivity contribution in [2.24, 2.45) is 10.9 Å². The molecule has 1 aromatic carbocycles. The summed E-state index contributed by atoms with van der Waals surface area (Å²) < 4.78 is 24.8. The second kappa shape index (κ2) is 8.34. The van der Waals surface area contributed by atoms with Crippen LogP contribution in [0.3, 0.4) is 0 Å². The first-order valence-corrected chi connectivity index (χ1v) is 8.87. The van der Waals surface area contributed by atoms with Crippen LogP contribution in [0, 0.1) is 18.7 Å². The molecule has 1 fully saturated rings. The van der Waals surface area contributed by atoms with Crippen molar-refractivity contribution in [3.63, 3.8) is 0 Å². The van der Waals surface area contributed by atoms with Gasteiger partial charge in [0.25, 0.3) is 0 Å². The average molecular weight is 347 g/mol. The molecule has 2 N–H and O–H groups in total. The first-order chi connectivity index (χ1) is 12.2. The summed E-state index contributed by atoms with van der Waals surface area (Å²) in [5, 5.41) is 7.31. The van der Waals surface area contributed by atoms with E-state index in [0.717, 1.165) is 48.8 Å². The highest BCUT2D eigenvalue weighted by atomic mass is 19.1. The average Bonchev–Trinajstić information content (AvgIpc) is 3.39. The molecule has 0 bridgehead atoms. The van der Waals surface area contributed by atoms with Crippen LogP contribution in [0.5, 0.6) is 0 Å². The number of halogens is 1. The van der Waals surface area contributed by atoms with E-state index in [1.807, 2.05) is 6.92 Å². The van der Waals surface area contributed by atoms with Crippen LogP contribution in [0.25, 0.3) is 11.0 Å². The summed E-state index contributed by atoms with van der Waals surface area (Å²) in [5.74, 6) is 2.06. The molecule has 0 saturated heterocycles. The van der Waals surface area contributed by atoms with E-state index in [0.29, 0.717) is 18.1 Å². The Morgan fingerprint density at radius 1 is 1.36 bits per heavy atom. The van der Waals surface area contributed by atoms with Gasteiger partial charge in [-0.15, -0.1) is 0 Å². The van der Waals surface area contributed by atoms with Crippen molar-refractivity contribution in [1.29, 1.82) is 0 Å². The Morgan fingerprint density at radius 2 is 2.20 bits per heavy atom. The van der Waals surface area contributed by atoms with Crippen LogP contribution in [-0.4, -0.2) is 32.8 Å². The van der Waals surface area contributed by atoms with Crippen molar-refractivity contribution in [1.82, 2.24) is 10.6 Å². The highest BCUT2D eigenvalue weighted by molar-refractivity contribution is 5.83. The molecule has 0 radical (unpaired) electrons. The third-order valence-corrected chi connectivity index (χ3v) is 4.45. The molecule has 6 heteroatoms. The van der Waals surface area contributed by atoms with Crippen molar-refractivity contribution in [2.75, 3.05) is 26.8 Å². The lowest BCUT2D eigenvalue weighted by molar-refractivity contribution is 0.123. The predicted octanol–water partition coefficient (Wildman–Crippen LogP) is 3.36. The Hall–Kier alpha value is -2.08. The molecule has 0 atom stereocenters. The number of hydrogen-bond donors (Lipinski definition) is 2. The van der Waals surface area contributed by atoms with Crippen molar-refractivity contribution >= 4 is 16.9 Å². The number of aliphatic imine (C=N–C) groups is 1. The van der Waals surface area contributed by atoms with Gasteiger partial charge < -0.3 is 19.8 Å². The number of fused-ring (bicyclic) bond motifs is 1. The van der Waals surface area contributed by atoms with Gasteiger partial charge in [-0.05, 0) is 50.3 Å². The third kappa shape index (κ3) is 4.95. The third-order valence-electron chi connectivity index (χ3n) is 4.45. The molecule has 1 heterocycles. The SMILES string of the molecule is CN=C(NCCCOCC1CC1)NCc1oc2ccc(F)cc2c1C. The summed E-state index contributed by atoms with van der Waals surface area (Å²) >= 11 is 0. The van der Waals surface area contributed by atoms with Crippen molar-refractivity contribution in [3.8, 4) is 0 Å². The van der Waals surface area contributed by atoms with Gasteiger partial charge in [-0.2, -0.15) is 0 Å². The number of rotatable bonds is 8. The molecule has 5 nitrogen and oxygen atoms in total. The molecular formula is C19H26FN3O2. The number of nitrogens with zero attached hydrogens (tertiary/aromatic N) is 1. The molecule has 136 valence electrons. The van der Waals surface area contributed by atoms with Gasteiger partial charge >= 0.3 is 0 Å². The maximum absolute atomic E-state index is 13.4. The van der Waals surface area contributed by atoms with Gasteiger partial charge in [0.05, 0.1) is 6.54 Å². The number of nitrogens with one attached hydrogen (secondary N) is 2. The molecule has 1 saturated carbocycles. The molecule has 3 rings (SSSR count). The topological polar surface area (TPSA) is 58.8 Å². The zero-order valence-electron chi connectivity index (χ0n) is 14.9. The maximum Gasteiger partial charge on any atom is 0.191 e. The van der Waals surface area contributed by atoms with Crippen molar-refractivity contribution < 1.29 is 13.5 Å². The van der Waals surface area contributed by atoms with Crippen LogP contribution in [0.1, 0.15) is 30.6 Å². The predicted molar refractivity (Wildman–Crippen MR) is 97.3 cm³/mol. The first kappa shape index (κ1) is 17.7. The monoisotopic (exact) mass is 347 g/mol. The number of furan rings is 1. The Balaban J connectivity index is 1.43. The van der Waals surface area contributed by atoms with E-state index in [1.165, 1.54) is 25.0 Å². The molecule has 1 aliphatic carbocycles. The van der Waals surface area contributed by atoms with Gasteiger partial charge in [0, 0.05) is 37.8 Å². The van der Waals surface area contributed by atoms with Gasteiger partial charge in [-0.3, -0.25) is 4.99 Å². The van der Waals surface area contributed by atoms with Gasteiger partial charge in [0.1, 0.15) is 17.2 Å². The maximum atomic E-state index is 13.4. The van der Waals surface area contributed by atoms with Crippen molar-refractivity contribution in [2.45, 2.75) is 32.7 Å². The zero-order valence-corrected chi connectivity index (χ0v) is 14.9. The zero-order chi connectivity index (χ0) is 17.6. The van der Waals surface area contributed by atoms with E-state index >= 15 is 0 Å². The van der Waals surface area contributed by atoms with Crippen LogP contribution < -0.4 is 10.6 Å². The summed E-state index contributed by atoms with van der Waals surface area (Å²) in [6, 6.07) is 4.58. The molecule has 25 heavy (non-hydrogen) atoms. The van der Waals surface area contributed by atoms with Crippen LogP contribution in [0.2, 0.25) is 0 Å². The number of guanidine groups is 1. The Morgan fingerprint density at radius 3 is 2.96 bits per heavy atom. The number of ether oxygens (including phenoxy) is 1. The fourth-order valence-corrected chi connectivity index (χ4v) is 2.71. The highest BCUT2D eigenvalue weighted by Gasteiger charge is 2.20. The van der Waals surface area contributed by atoms with E-state index in [2.05, 4.69) is 15.6 Å². The van der Waals surface area contributed by atoms with Gasteiger partial charge in [0.2, 0.25) is 0 Å². The summed E-state index contributed by atoms with van der Waals surface area (Å²) in [4.78, 5) is 4.21. The van der Waals surface area contributed by atoms with Crippen LogP contribution in [-0.2, 0) is 11.3 Å². The lowest BCUT2D eigenvalue weighted by Crippen LogP contribution is -2.37. The Kier molecular flexibility index (Phi) is 5.91. The van der Waals surface area contributed by atoms with Crippen LogP contribution in [0.15, 0.2) is 27.6 Å². The second-order valence-corrected chi connectivity index (χ2v) is 6.52. The molecule has 1 aliphatic rings. The minimum Gasteiger partial charge on any atom is -0.459 e. The van der Waals surface area contributed by atoms with Gasteiger partial charge in [0.15, 0.2) is 5.96 Å². The lowest BCUT2D eigenvalue weighted by atomic mass is 10.1. The fraction of sp³-hybridized carbons (Fsp3) is 0.526. The molecule has 2 aromatic rings. The van der Waals surface area contributed by atoms with Crippen molar-refractivity contribution in [3.05, 3.63) is 35.3 Å². The molecule has 1 aromatic heterocycles.